The Bertz CT molecular complexity index is 1840. The molecule has 0 spiro atoms. The zero-order valence-electron chi connectivity index (χ0n) is 25.6. The van der Waals surface area contributed by atoms with Crippen LogP contribution in [0.3, 0.4) is 0 Å². The Kier molecular flexibility index (Phi) is 9.67. The number of thiazole rings is 1. The minimum absolute atomic E-state index is 0.0147. The van der Waals surface area contributed by atoms with Crippen molar-refractivity contribution in [2.75, 3.05) is 23.3 Å². The van der Waals surface area contributed by atoms with Crippen LogP contribution in [0.1, 0.15) is 35.5 Å². The normalized spacial score (nSPS) is 17.7. The molecule has 3 aromatic rings. The number of carbonyl (C=O) groups is 5. The second-order valence-electron chi connectivity index (χ2n) is 11.2. The summed E-state index contributed by atoms with van der Waals surface area (Å²) >= 11 is 2.30. The van der Waals surface area contributed by atoms with Gasteiger partial charge in [-0.15, -0.1) is 23.1 Å². The Hall–Kier alpha value is -5.49. The molecule has 2 aromatic heterocycles. The number of thioether (sulfide) groups is 1. The van der Waals surface area contributed by atoms with Crippen molar-refractivity contribution in [3.8, 4) is 0 Å². The monoisotopic (exact) mass is 695 g/mol. The lowest BCUT2D eigenvalue weighted by Gasteiger charge is -2.49. The summed E-state index contributed by atoms with van der Waals surface area (Å²) in [4.78, 5) is 71.9. The van der Waals surface area contributed by atoms with Crippen LogP contribution in [-0.2, 0) is 30.6 Å². The zero-order chi connectivity index (χ0) is 34.7. The second kappa shape index (κ2) is 13.7. The van der Waals surface area contributed by atoms with Gasteiger partial charge in [-0.2, -0.15) is 0 Å². The summed E-state index contributed by atoms with van der Waals surface area (Å²) in [6, 6.07) is 9.54. The maximum atomic E-state index is 13.3. The number of carboxylic acid groups (broad SMARTS) is 2. The number of primary amides is 1. The molecule has 4 heterocycles. The van der Waals surface area contributed by atoms with E-state index in [-0.39, 0.29) is 28.8 Å². The van der Waals surface area contributed by atoms with Crippen molar-refractivity contribution in [3.63, 3.8) is 0 Å². The number of fused-ring (bicyclic) bond motifs is 1. The number of anilines is 2. The lowest BCUT2D eigenvalue weighted by molar-refractivity contribution is -0.688. The predicted octanol–water partition coefficient (Wildman–Crippen LogP) is 0.595. The smallest absolute Gasteiger partial charge is 0.352 e. The number of nitrogen functional groups attached to an aromatic ring is 1. The number of aliphatic carboxylic acids is 2. The molecule has 48 heavy (non-hydrogen) atoms. The van der Waals surface area contributed by atoms with E-state index < -0.39 is 52.4 Å². The molecular formula is C30H31N8O8S2+. The standard InChI is InChI=1S/C30H30N8O8S2/c1-30(2,28(44)45)46-36-20(19-14-48-29(32)34-19)24(40)35-21-25(41)38-22(27(42)43)17(13-47-26(21)38)11-33-18-7-9-37(10-8-18)12-15-3-5-16(6-4-15)23(31)39/h3-10,14,21,26H,11-13H2,1-2H3,(H7,31,32,34,35,39,40,42,43,44,45)/p+1/b36-20-. The fourth-order valence-corrected chi connectivity index (χ4v) is 6.60. The van der Waals surface area contributed by atoms with Crippen molar-refractivity contribution in [1.29, 1.82) is 0 Å². The lowest BCUT2D eigenvalue weighted by atomic mass is 10.0. The SMILES string of the molecule is CC(C)(O/N=C(\C(=O)NC1C(=O)N2C(C(=O)O)=C(CNc3cc[n+](Cc4ccc(C(N)=O)cc4)cc3)CSC12)c1csc(N)n1)C(=O)O. The molecule has 2 unspecified atom stereocenters. The maximum Gasteiger partial charge on any atom is 0.352 e. The Labute approximate surface area is 281 Å². The Morgan fingerprint density at radius 1 is 1.15 bits per heavy atom. The van der Waals surface area contributed by atoms with Gasteiger partial charge in [0.15, 0.2) is 29.8 Å². The second-order valence-corrected chi connectivity index (χ2v) is 13.2. The summed E-state index contributed by atoms with van der Waals surface area (Å²) in [5.41, 5.74) is 11.3. The highest BCUT2D eigenvalue weighted by atomic mass is 32.2. The van der Waals surface area contributed by atoms with E-state index in [9.17, 15) is 34.2 Å². The molecule has 8 N–H and O–H groups in total. The number of aromatic nitrogens is 2. The van der Waals surface area contributed by atoms with E-state index in [1.165, 1.54) is 31.0 Å². The zero-order valence-corrected chi connectivity index (χ0v) is 27.2. The van der Waals surface area contributed by atoms with Gasteiger partial charge in [0.25, 0.3) is 11.8 Å². The number of carboxylic acids is 2. The van der Waals surface area contributed by atoms with E-state index >= 15 is 0 Å². The van der Waals surface area contributed by atoms with Crippen LogP contribution in [0.2, 0.25) is 0 Å². The lowest BCUT2D eigenvalue weighted by Crippen LogP contribution is -2.71. The van der Waals surface area contributed by atoms with Crippen molar-refractivity contribution in [1.82, 2.24) is 15.2 Å². The van der Waals surface area contributed by atoms with Gasteiger partial charge in [-0.25, -0.2) is 19.1 Å². The third-order valence-electron chi connectivity index (χ3n) is 7.40. The number of pyridine rings is 1. The molecule has 0 bridgehead atoms. The predicted molar refractivity (Wildman–Crippen MR) is 175 cm³/mol. The van der Waals surface area contributed by atoms with Gasteiger partial charge in [0, 0.05) is 46.6 Å². The van der Waals surface area contributed by atoms with Crippen LogP contribution in [-0.4, -0.2) is 84.8 Å². The summed E-state index contributed by atoms with van der Waals surface area (Å²) in [7, 11) is 0. The highest BCUT2D eigenvalue weighted by Crippen LogP contribution is 2.40. The summed E-state index contributed by atoms with van der Waals surface area (Å²) in [6.45, 7) is 3.19. The van der Waals surface area contributed by atoms with Gasteiger partial charge in [-0.1, -0.05) is 17.3 Å². The molecule has 250 valence electrons. The van der Waals surface area contributed by atoms with E-state index in [2.05, 4.69) is 20.8 Å². The van der Waals surface area contributed by atoms with E-state index in [4.69, 9.17) is 16.3 Å². The van der Waals surface area contributed by atoms with Gasteiger partial charge < -0.3 is 37.2 Å². The molecule has 5 rings (SSSR count). The van der Waals surface area contributed by atoms with Crippen LogP contribution in [0.4, 0.5) is 10.8 Å². The summed E-state index contributed by atoms with van der Waals surface area (Å²) in [5, 5.41) is 29.8. The van der Waals surface area contributed by atoms with Crippen LogP contribution in [0, 0.1) is 0 Å². The number of rotatable bonds is 13. The van der Waals surface area contributed by atoms with Crippen LogP contribution < -0.4 is 26.7 Å². The number of amides is 3. The number of oxime groups is 1. The molecule has 16 nitrogen and oxygen atoms in total. The number of carbonyl (C=O) groups excluding carboxylic acids is 3. The van der Waals surface area contributed by atoms with Gasteiger partial charge in [-0.05, 0) is 31.6 Å². The van der Waals surface area contributed by atoms with Crippen LogP contribution in [0.15, 0.2) is 70.6 Å². The summed E-state index contributed by atoms with van der Waals surface area (Å²) in [6.07, 6.45) is 3.69. The number of nitrogens with two attached hydrogens (primary N) is 2. The number of benzene rings is 1. The van der Waals surface area contributed by atoms with Crippen LogP contribution in [0.25, 0.3) is 0 Å². The van der Waals surface area contributed by atoms with Crippen molar-refractivity contribution in [2.24, 2.45) is 10.9 Å². The Balaban J connectivity index is 1.24. The largest absolute Gasteiger partial charge is 0.478 e. The molecule has 0 aliphatic carbocycles. The average molecular weight is 696 g/mol. The number of hydrogen-bond donors (Lipinski definition) is 6. The molecule has 3 amide bonds. The first-order chi connectivity index (χ1) is 22.7. The van der Waals surface area contributed by atoms with Gasteiger partial charge in [0.2, 0.25) is 11.5 Å². The fourth-order valence-electron chi connectivity index (χ4n) is 4.70. The van der Waals surface area contributed by atoms with Gasteiger partial charge >= 0.3 is 11.9 Å². The highest BCUT2D eigenvalue weighted by molar-refractivity contribution is 8.00. The first-order valence-corrected chi connectivity index (χ1v) is 16.2. The topological polar surface area (TPSA) is 244 Å². The molecule has 0 radical (unpaired) electrons. The van der Waals surface area contributed by atoms with Crippen molar-refractivity contribution in [3.05, 3.63) is 82.3 Å². The van der Waals surface area contributed by atoms with Crippen molar-refractivity contribution in [2.45, 2.75) is 37.4 Å². The third-order valence-corrected chi connectivity index (χ3v) is 9.41. The van der Waals surface area contributed by atoms with E-state index in [1.807, 2.05) is 41.2 Å². The van der Waals surface area contributed by atoms with Crippen molar-refractivity contribution < 1.29 is 43.6 Å². The average Bonchev–Trinajstić information content (AvgIpc) is 3.48. The molecule has 0 saturated carbocycles. The number of nitrogens with one attached hydrogen (secondary N) is 2. The first kappa shape index (κ1) is 33.9. The Morgan fingerprint density at radius 3 is 2.42 bits per heavy atom. The molecule has 1 saturated heterocycles. The van der Waals surface area contributed by atoms with Crippen molar-refractivity contribution >= 4 is 69.3 Å². The third kappa shape index (κ3) is 7.23. The maximum absolute atomic E-state index is 13.3. The molecule has 18 heteroatoms. The van der Waals surface area contributed by atoms with Crippen LogP contribution >= 0.6 is 23.1 Å². The summed E-state index contributed by atoms with van der Waals surface area (Å²) < 4.78 is 1.93. The van der Waals surface area contributed by atoms with Gasteiger partial charge in [0.05, 0.1) is 0 Å². The number of nitrogens with zero attached hydrogens (tertiary/aromatic N) is 4. The minimum Gasteiger partial charge on any atom is -0.478 e. The van der Waals surface area contributed by atoms with E-state index in [0.717, 1.165) is 27.5 Å². The van der Waals surface area contributed by atoms with E-state index in [1.54, 1.807) is 12.1 Å². The molecule has 2 aliphatic rings. The van der Waals surface area contributed by atoms with Gasteiger partial charge in [0.1, 0.15) is 22.8 Å². The molecule has 1 fully saturated rings. The molecule has 2 atom stereocenters. The van der Waals surface area contributed by atoms with E-state index in [0.29, 0.717) is 17.7 Å². The first-order valence-electron chi connectivity index (χ1n) is 14.3. The highest BCUT2D eigenvalue weighted by Gasteiger charge is 2.54. The molecule has 1 aromatic carbocycles. The Morgan fingerprint density at radius 2 is 1.83 bits per heavy atom. The number of β-lactam (4-membered cyclic amide) rings is 1. The quantitative estimate of drug-likeness (QED) is 0.0623. The van der Waals surface area contributed by atoms with Gasteiger partial charge in [-0.3, -0.25) is 19.3 Å². The number of hydrogen-bond acceptors (Lipinski definition) is 12. The minimum atomic E-state index is -1.77. The fraction of sp³-hybridized carbons (Fsp3) is 0.267. The molecule has 2 aliphatic heterocycles. The van der Waals surface area contributed by atoms with Crippen LogP contribution in [0.5, 0.6) is 0 Å². The molecular weight excluding hydrogens is 665 g/mol. The summed E-state index contributed by atoms with van der Waals surface area (Å²) in [5.74, 6) is -4.35.